The predicted molar refractivity (Wildman–Crippen MR) is 43.4 cm³/mol. The number of rotatable bonds is 1. The first-order valence-corrected chi connectivity index (χ1v) is 4.42. The molecule has 0 bridgehead atoms. The van der Waals surface area contributed by atoms with Crippen LogP contribution in [0.4, 0.5) is 0 Å². The number of furan rings is 1. The highest BCUT2D eigenvalue weighted by atomic mass is 32.2. The molecule has 0 N–H and O–H groups in total. The summed E-state index contributed by atoms with van der Waals surface area (Å²) in [6.45, 7) is 0. The molecule has 12 heavy (non-hydrogen) atoms. The van der Waals surface area contributed by atoms with Gasteiger partial charge in [-0.3, -0.25) is 4.21 Å². The normalized spacial score (nSPS) is 13.4. The van der Waals surface area contributed by atoms with E-state index in [2.05, 4.69) is 0 Å². The van der Waals surface area contributed by atoms with Gasteiger partial charge >= 0.3 is 0 Å². The average Bonchev–Trinajstić information content (AvgIpc) is 2.47. The molecule has 1 aromatic heterocycles. The minimum absolute atomic E-state index is 0.214. The minimum Gasteiger partial charge on any atom is -0.768 e. The van der Waals surface area contributed by atoms with Crippen LogP contribution in [0.25, 0.3) is 11.0 Å². The molecule has 1 unspecified atom stereocenters. The van der Waals surface area contributed by atoms with E-state index < -0.39 is 11.1 Å². The molecule has 0 saturated heterocycles. The quantitative estimate of drug-likeness (QED) is 0.629. The predicted octanol–water partition coefficient (Wildman–Crippen LogP) is 1.67. The standard InChI is InChI=1S/C8H6O3S/c9-12(10)8-5-11-7-4-2-1-3-6(7)8/h1-5H,(H,9,10)/p-1. The molecule has 0 aliphatic heterocycles. The number of para-hydroxylation sites is 1. The maximum Gasteiger partial charge on any atom is 0.135 e. The first kappa shape index (κ1) is 7.52. The average molecular weight is 181 g/mol. The minimum atomic E-state index is -2.22. The summed E-state index contributed by atoms with van der Waals surface area (Å²) in [6, 6.07) is 7.01. The van der Waals surface area contributed by atoms with Crippen molar-refractivity contribution in [1.29, 1.82) is 0 Å². The van der Waals surface area contributed by atoms with Crippen molar-refractivity contribution in [2.45, 2.75) is 4.90 Å². The Hall–Kier alpha value is -1.13. The zero-order valence-electron chi connectivity index (χ0n) is 6.02. The Morgan fingerprint density at radius 3 is 2.83 bits per heavy atom. The van der Waals surface area contributed by atoms with Crippen molar-refractivity contribution in [2.75, 3.05) is 0 Å². The van der Waals surface area contributed by atoms with E-state index >= 15 is 0 Å². The summed E-state index contributed by atoms with van der Waals surface area (Å²) in [5.41, 5.74) is 0.594. The lowest BCUT2D eigenvalue weighted by Gasteiger charge is -1.99. The van der Waals surface area contributed by atoms with E-state index in [1.54, 1.807) is 24.3 Å². The second-order valence-electron chi connectivity index (χ2n) is 2.33. The van der Waals surface area contributed by atoms with Gasteiger partial charge in [-0.2, -0.15) is 0 Å². The Morgan fingerprint density at radius 2 is 2.08 bits per heavy atom. The van der Waals surface area contributed by atoms with Gasteiger partial charge in [0.1, 0.15) is 11.8 Å². The molecule has 0 amide bonds. The van der Waals surface area contributed by atoms with Gasteiger partial charge in [0.25, 0.3) is 0 Å². The van der Waals surface area contributed by atoms with E-state index in [9.17, 15) is 8.76 Å². The van der Waals surface area contributed by atoms with Crippen LogP contribution >= 0.6 is 0 Å². The fraction of sp³-hybridized carbons (Fsp3) is 0. The number of benzene rings is 1. The largest absolute Gasteiger partial charge is 0.768 e. The first-order valence-electron chi connectivity index (χ1n) is 3.34. The van der Waals surface area contributed by atoms with E-state index in [1.165, 1.54) is 6.26 Å². The molecule has 0 saturated carbocycles. The van der Waals surface area contributed by atoms with Gasteiger partial charge in [-0.1, -0.05) is 12.1 Å². The van der Waals surface area contributed by atoms with E-state index in [1.807, 2.05) is 0 Å². The van der Waals surface area contributed by atoms with Gasteiger partial charge in [0, 0.05) is 5.39 Å². The highest BCUT2D eigenvalue weighted by Crippen LogP contribution is 2.22. The Bertz CT molecular complexity index is 433. The fourth-order valence-corrected chi connectivity index (χ4v) is 1.56. The molecule has 0 aliphatic rings. The SMILES string of the molecule is O=S([O-])c1coc2ccccc12. The summed E-state index contributed by atoms with van der Waals surface area (Å²) in [6.07, 6.45) is 1.24. The van der Waals surface area contributed by atoms with Crippen LogP contribution in [0.2, 0.25) is 0 Å². The van der Waals surface area contributed by atoms with Gasteiger partial charge < -0.3 is 8.97 Å². The van der Waals surface area contributed by atoms with Crippen LogP contribution in [0.3, 0.4) is 0 Å². The van der Waals surface area contributed by atoms with E-state index in [0.717, 1.165) is 0 Å². The molecule has 2 aromatic rings. The van der Waals surface area contributed by atoms with Crippen molar-refractivity contribution in [3.63, 3.8) is 0 Å². The van der Waals surface area contributed by atoms with E-state index in [-0.39, 0.29) is 4.90 Å². The number of hydrogen-bond donors (Lipinski definition) is 0. The van der Waals surface area contributed by atoms with Gasteiger partial charge in [-0.25, -0.2) is 0 Å². The fourth-order valence-electron chi connectivity index (χ4n) is 1.08. The molecule has 1 heterocycles. The van der Waals surface area contributed by atoms with Gasteiger partial charge in [0.15, 0.2) is 0 Å². The van der Waals surface area contributed by atoms with E-state index in [4.69, 9.17) is 4.42 Å². The maximum absolute atomic E-state index is 10.6. The van der Waals surface area contributed by atoms with Gasteiger partial charge in [-0.05, 0) is 23.2 Å². The van der Waals surface area contributed by atoms with Crippen LogP contribution in [0.1, 0.15) is 0 Å². The maximum atomic E-state index is 10.6. The van der Waals surface area contributed by atoms with Crippen molar-refractivity contribution >= 4 is 22.0 Å². The van der Waals surface area contributed by atoms with Crippen LogP contribution in [0, 0.1) is 0 Å². The Morgan fingerprint density at radius 1 is 1.33 bits per heavy atom. The lowest BCUT2D eigenvalue weighted by molar-refractivity contribution is 0.533. The summed E-state index contributed by atoms with van der Waals surface area (Å²) < 4.78 is 26.2. The molecule has 1 atom stereocenters. The highest BCUT2D eigenvalue weighted by molar-refractivity contribution is 7.79. The van der Waals surface area contributed by atoms with Crippen molar-refractivity contribution in [1.82, 2.24) is 0 Å². The second-order valence-corrected chi connectivity index (χ2v) is 3.24. The molecule has 3 nitrogen and oxygen atoms in total. The zero-order chi connectivity index (χ0) is 8.55. The smallest absolute Gasteiger partial charge is 0.135 e. The van der Waals surface area contributed by atoms with Crippen LogP contribution in [-0.2, 0) is 11.1 Å². The topological polar surface area (TPSA) is 53.3 Å². The third kappa shape index (κ3) is 1.05. The second kappa shape index (κ2) is 2.73. The van der Waals surface area contributed by atoms with Crippen molar-refractivity contribution in [3.8, 4) is 0 Å². The molecule has 0 aliphatic carbocycles. The number of hydrogen-bond acceptors (Lipinski definition) is 3. The third-order valence-electron chi connectivity index (χ3n) is 1.63. The lowest BCUT2D eigenvalue weighted by atomic mass is 10.3. The van der Waals surface area contributed by atoms with Crippen molar-refractivity contribution < 1.29 is 13.2 Å². The molecular formula is C8H5O3S-. The lowest BCUT2D eigenvalue weighted by Crippen LogP contribution is -1.84. The zero-order valence-corrected chi connectivity index (χ0v) is 6.84. The summed E-state index contributed by atoms with van der Waals surface area (Å²) in [4.78, 5) is 0.214. The molecule has 0 spiro atoms. The monoisotopic (exact) mass is 181 g/mol. The van der Waals surface area contributed by atoms with Gasteiger partial charge in [0.05, 0.1) is 4.90 Å². The third-order valence-corrected chi connectivity index (χ3v) is 2.30. The van der Waals surface area contributed by atoms with Crippen LogP contribution in [0.5, 0.6) is 0 Å². The molecule has 0 radical (unpaired) electrons. The summed E-state index contributed by atoms with van der Waals surface area (Å²) >= 11 is -2.22. The molecular weight excluding hydrogens is 176 g/mol. The molecule has 0 fully saturated rings. The summed E-state index contributed by atoms with van der Waals surface area (Å²) in [5, 5.41) is 0.630. The van der Waals surface area contributed by atoms with Crippen LogP contribution in [0.15, 0.2) is 39.8 Å². The van der Waals surface area contributed by atoms with E-state index in [0.29, 0.717) is 11.0 Å². The highest BCUT2D eigenvalue weighted by Gasteiger charge is 2.03. The van der Waals surface area contributed by atoms with Gasteiger partial charge in [-0.15, -0.1) is 0 Å². The summed E-state index contributed by atoms with van der Waals surface area (Å²) in [7, 11) is 0. The number of fused-ring (bicyclic) bond motifs is 1. The van der Waals surface area contributed by atoms with Crippen LogP contribution in [-0.4, -0.2) is 8.76 Å². The van der Waals surface area contributed by atoms with Gasteiger partial charge in [0.2, 0.25) is 0 Å². The molecule has 2 rings (SSSR count). The molecule has 1 aromatic carbocycles. The molecule has 62 valence electrons. The Kier molecular flexibility index (Phi) is 1.71. The van der Waals surface area contributed by atoms with Crippen molar-refractivity contribution in [3.05, 3.63) is 30.5 Å². The van der Waals surface area contributed by atoms with Crippen molar-refractivity contribution in [2.24, 2.45) is 0 Å². The Labute approximate surface area is 71.3 Å². The molecule has 4 heteroatoms. The Balaban J connectivity index is 2.79. The summed E-state index contributed by atoms with van der Waals surface area (Å²) in [5.74, 6) is 0. The first-order chi connectivity index (χ1) is 5.79. The van der Waals surface area contributed by atoms with Crippen LogP contribution < -0.4 is 0 Å².